The number of thiophene rings is 1. The summed E-state index contributed by atoms with van der Waals surface area (Å²) in [7, 11) is 0. The van der Waals surface area contributed by atoms with Gasteiger partial charge in [0.2, 0.25) is 0 Å². The average Bonchev–Trinajstić information content (AvgIpc) is 2.84. The summed E-state index contributed by atoms with van der Waals surface area (Å²) in [6, 6.07) is 4.19. The first-order chi connectivity index (χ1) is 7.34. The van der Waals surface area contributed by atoms with Gasteiger partial charge in [0, 0.05) is 18.0 Å². The summed E-state index contributed by atoms with van der Waals surface area (Å²) in [6.45, 7) is 2.66. The Bertz CT molecular complexity index is 403. The zero-order valence-corrected chi connectivity index (χ0v) is 11.7. The first kappa shape index (κ1) is 13.6. The molecule has 0 aliphatic carbocycles. The largest absolute Gasteiger partial charge is 0.310 e. The molecule has 4 nitrogen and oxygen atoms in total. The third-order valence-electron chi connectivity index (χ3n) is 1.91. The fourth-order valence-corrected chi connectivity index (χ4v) is 2.65. The van der Waals surface area contributed by atoms with Gasteiger partial charge in [-0.2, -0.15) is 5.10 Å². The van der Waals surface area contributed by atoms with Crippen LogP contribution in [0.4, 0.5) is 0 Å². The van der Waals surface area contributed by atoms with Crippen LogP contribution in [0.3, 0.4) is 0 Å². The molecule has 88 valence electrons. The van der Waals surface area contributed by atoms with Crippen molar-refractivity contribution in [1.29, 1.82) is 0 Å². The van der Waals surface area contributed by atoms with E-state index in [0.29, 0.717) is 0 Å². The quantitative estimate of drug-likeness (QED) is 0.859. The lowest BCUT2D eigenvalue weighted by atomic mass is 10.4. The summed E-state index contributed by atoms with van der Waals surface area (Å²) < 4.78 is 2.99. The zero-order valence-electron chi connectivity index (χ0n) is 8.47. The van der Waals surface area contributed by atoms with E-state index in [1.54, 1.807) is 24.0 Å². The van der Waals surface area contributed by atoms with Crippen molar-refractivity contribution in [1.82, 2.24) is 20.1 Å². The van der Waals surface area contributed by atoms with Gasteiger partial charge in [-0.1, -0.05) is 0 Å². The van der Waals surface area contributed by atoms with Crippen LogP contribution in [-0.2, 0) is 13.1 Å². The van der Waals surface area contributed by atoms with Crippen molar-refractivity contribution in [2.45, 2.75) is 13.1 Å². The number of rotatable bonds is 5. The van der Waals surface area contributed by atoms with E-state index >= 15 is 0 Å². The first-order valence-corrected chi connectivity index (χ1v) is 6.23. The van der Waals surface area contributed by atoms with E-state index in [0.717, 1.165) is 19.6 Å². The van der Waals surface area contributed by atoms with Gasteiger partial charge in [-0.25, -0.2) is 4.98 Å². The fourth-order valence-electron chi connectivity index (χ4n) is 1.20. The van der Waals surface area contributed by atoms with Gasteiger partial charge in [0.05, 0.1) is 10.3 Å². The number of aromatic nitrogens is 3. The van der Waals surface area contributed by atoms with Crippen molar-refractivity contribution in [3.63, 3.8) is 0 Å². The molecule has 2 aromatic rings. The predicted octanol–water partition coefficient (Wildman–Crippen LogP) is 2.31. The maximum absolute atomic E-state index is 4.03. The van der Waals surface area contributed by atoms with E-state index in [4.69, 9.17) is 0 Å². The molecule has 0 radical (unpaired) electrons. The maximum Gasteiger partial charge on any atom is 0.137 e. The summed E-state index contributed by atoms with van der Waals surface area (Å²) >= 11 is 5.20. The van der Waals surface area contributed by atoms with E-state index in [9.17, 15) is 0 Å². The molecule has 7 heteroatoms. The molecule has 0 saturated carbocycles. The molecule has 0 bridgehead atoms. The summed E-state index contributed by atoms with van der Waals surface area (Å²) in [5.74, 6) is 0. The van der Waals surface area contributed by atoms with Crippen LogP contribution in [0.15, 0.2) is 28.6 Å². The molecule has 1 N–H and O–H groups in total. The van der Waals surface area contributed by atoms with E-state index < -0.39 is 0 Å². The predicted molar refractivity (Wildman–Crippen MR) is 71.0 cm³/mol. The summed E-state index contributed by atoms with van der Waals surface area (Å²) in [4.78, 5) is 5.22. The van der Waals surface area contributed by atoms with Crippen molar-refractivity contribution in [2.75, 3.05) is 6.54 Å². The van der Waals surface area contributed by atoms with Crippen LogP contribution in [0.2, 0.25) is 0 Å². The van der Waals surface area contributed by atoms with Gasteiger partial charge < -0.3 is 5.32 Å². The van der Waals surface area contributed by atoms with Crippen molar-refractivity contribution >= 4 is 39.7 Å². The van der Waals surface area contributed by atoms with Crippen molar-refractivity contribution < 1.29 is 0 Å². The van der Waals surface area contributed by atoms with Gasteiger partial charge in [-0.3, -0.25) is 4.68 Å². The summed E-state index contributed by atoms with van der Waals surface area (Å²) in [5.41, 5.74) is 0. The molecule has 0 aromatic carbocycles. The second kappa shape index (κ2) is 7.01. The van der Waals surface area contributed by atoms with Crippen LogP contribution in [0.5, 0.6) is 0 Å². The third-order valence-corrected chi connectivity index (χ3v) is 3.54. The molecule has 2 aromatic heterocycles. The lowest BCUT2D eigenvalue weighted by molar-refractivity contribution is 0.555. The monoisotopic (exact) mass is 322 g/mol. The van der Waals surface area contributed by atoms with Crippen LogP contribution in [0.25, 0.3) is 0 Å². The molecule has 0 saturated heterocycles. The average molecular weight is 324 g/mol. The van der Waals surface area contributed by atoms with Gasteiger partial charge in [-0.05, 0) is 28.1 Å². The molecule has 0 unspecified atom stereocenters. The molecular formula is C9H12BrClN4S. The molecule has 0 spiro atoms. The second-order valence-corrected chi connectivity index (χ2v) is 5.59. The Kier molecular flexibility index (Phi) is 5.97. The Labute approximate surface area is 113 Å². The van der Waals surface area contributed by atoms with Crippen molar-refractivity contribution in [3.8, 4) is 0 Å². The highest BCUT2D eigenvalue weighted by Gasteiger charge is 1.97. The van der Waals surface area contributed by atoms with Gasteiger partial charge in [-0.15, -0.1) is 23.7 Å². The van der Waals surface area contributed by atoms with Crippen molar-refractivity contribution in [3.05, 3.63) is 33.5 Å². The Morgan fingerprint density at radius 2 is 2.31 bits per heavy atom. The molecule has 0 atom stereocenters. The number of nitrogens with one attached hydrogen (secondary N) is 1. The van der Waals surface area contributed by atoms with Gasteiger partial charge in [0.25, 0.3) is 0 Å². The van der Waals surface area contributed by atoms with Gasteiger partial charge in [0.1, 0.15) is 12.7 Å². The minimum atomic E-state index is 0. The number of hydrogen-bond acceptors (Lipinski definition) is 4. The van der Waals surface area contributed by atoms with E-state index in [1.807, 2.05) is 4.68 Å². The van der Waals surface area contributed by atoms with Crippen LogP contribution in [0, 0.1) is 0 Å². The van der Waals surface area contributed by atoms with Crippen LogP contribution >= 0.6 is 39.7 Å². The Morgan fingerprint density at radius 3 is 2.94 bits per heavy atom. The minimum Gasteiger partial charge on any atom is -0.310 e. The summed E-state index contributed by atoms with van der Waals surface area (Å²) in [6.07, 6.45) is 3.28. The molecule has 16 heavy (non-hydrogen) atoms. The molecule has 0 amide bonds. The summed E-state index contributed by atoms with van der Waals surface area (Å²) in [5, 5.41) is 7.38. The first-order valence-electron chi connectivity index (χ1n) is 4.62. The van der Waals surface area contributed by atoms with Crippen molar-refractivity contribution in [2.24, 2.45) is 0 Å². The highest BCUT2D eigenvalue weighted by atomic mass is 79.9. The molecule has 2 heterocycles. The SMILES string of the molecule is Brc1ccc(CNCCn2cncn2)s1.Cl. The normalized spacial score (nSPS) is 10.1. The topological polar surface area (TPSA) is 42.7 Å². The standard InChI is InChI=1S/C9H11BrN4S.ClH/c10-9-2-1-8(15-9)5-11-3-4-14-7-12-6-13-14;/h1-2,6-7,11H,3-5H2;1H. The van der Waals surface area contributed by atoms with E-state index in [2.05, 4.69) is 43.5 Å². The molecule has 0 fully saturated rings. The second-order valence-electron chi connectivity index (χ2n) is 3.04. The smallest absolute Gasteiger partial charge is 0.137 e. The number of halogens is 2. The lowest BCUT2D eigenvalue weighted by Gasteiger charge is -2.02. The van der Waals surface area contributed by atoms with Gasteiger partial charge >= 0.3 is 0 Å². The zero-order chi connectivity index (χ0) is 10.5. The Morgan fingerprint density at radius 1 is 1.44 bits per heavy atom. The molecule has 2 rings (SSSR count). The molecule has 0 aliphatic rings. The lowest BCUT2D eigenvalue weighted by Crippen LogP contribution is -2.19. The van der Waals surface area contributed by atoms with E-state index in [1.165, 1.54) is 8.66 Å². The highest BCUT2D eigenvalue weighted by molar-refractivity contribution is 9.11. The van der Waals surface area contributed by atoms with Crippen LogP contribution in [-0.4, -0.2) is 21.3 Å². The molecule has 0 aliphatic heterocycles. The fraction of sp³-hybridized carbons (Fsp3) is 0.333. The highest BCUT2D eigenvalue weighted by Crippen LogP contribution is 2.21. The molecular weight excluding hydrogens is 312 g/mol. The Balaban J connectivity index is 0.00000128. The number of hydrogen-bond donors (Lipinski definition) is 1. The number of nitrogens with zero attached hydrogens (tertiary/aromatic N) is 3. The van der Waals surface area contributed by atoms with Crippen LogP contribution in [0.1, 0.15) is 4.88 Å². The minimum absolute atomic E-state index is 0. The van der Waals surface area contributed by atoms with E-state index in [-0.39, 0.29) is 12.4 Å². The van der Waals surface area contributed by atoms with Crippen LogP contribution < -0.4 is 5.32 Å². The maximum atomic E-state index is 4.03. The Hall–Kier alpha value is -0.430. The third kappa shape index (κ3) is 4.21. The van der Waals surface area contributed by atoms with Gasteiger partial charge in [0.15, 0.2) is 0 Å².